The summed E-state index contributed by atoms with van der Waals surface area (Å²) in [5, 5.41) is 2.81. The van der Waals surface area contributed by atoms with Crippen molar-refractivity contribution >= 4 is 17.6 Å². The highest BCUT2D eigenvalue weighted by Gasteiger charge is 2.14. The Morgan fingerprint density at radius 2 is 1.82 bits per heavy atom. The van der Waals surface area contributed by atoms with E-state index in [1.54, 1.807) is 35.8 Å². The largest absolute Gasteiger partial charge is 0.464 e. The number of esters is 1. The fraction of sp³-hybridized carbons (Fsp3) is 0.190. The fourth-order valence-corrected chi connectivity index (χ4v) is 2.65. The third-order valence-electron chi connectivity index (χ3n) is 4.05. The minimum absolute atomic E-state index is 0.0391. The lowest BCUT2D eigenvalue weighted by molar-refractivity contribution is -0.116. The quantitative estimate of drug-likeness (QED) is 0.660. The van der Waals surface area contributed by atoms with Crippen LogP contribution >= 0.6 is 0 Å². The molecule has 7 heteroatoms. The lowest BCUT2D eigenvalue weighted by atomic mass is 10.2. The zero-order valence-corrected chi connectivity index (χ0v) is 15.9. The molecule has 1 heterocycles. The van der Waals surface area contributed by atoms with E-state index in [0.29, 0.717) is 17.3 Å². The minimum atomic E-state index is -0.536. The van der Waals surface area contributed by atoms with E-state index in [1.165, 1.54) is 13.3 Å². The number of amides is 1. The zero-order chi connectivity index (χ0) is 20.1. The molecule has 1 amide bonds. The number of carbonyl (C=O) groups excluding carboxylic acids is 2. The normalized spacial score (nSPS) is 10.4. The molecule has 0 aliphatic heterocycles. The first-order valence-electron chi connectivity index (χ1n) is 8.71. The number of hydrogen-bond acceptors (Lipinski definition) is 5. The molecule has 0 atom stereocenters. The van der Waals surface area contributed by atoms with E-state index in [0.717, 1.165) is 11.3 Å². The first kappa shape index (κ1) is 19.2. The summed E-state index contributed by atoms with van der Waals surface area (Å²) in [5.41, 5.74) is 1.93. The Morgan fingerprint density at radius 3 is 2.50 bits per heavy atom. The van der Waals surface area contributed by atoms with Crippen molar-refractivity contribution in [3.8, 4) is 11.5 Å². The highest BCUT2D eigenvalue weighted by atomic mass is 16.5. The average molecular weight is 379 g/mol. The molecule has 0 bridgehead atoms. The number of benzene rings is 2. The van der Waals surface area contributed by atoms with Gasteiger partial charge < -0.3 is 19.4 Å². The maximum absolute atomic E-state index is 12.3. The average Bonchev–Trinajstić information content (AvgIpc) is 3.03. The number of nitrogens with zero attached hydrogens (tertiary/aromatic N) is 2. The Balaban J connectivity index is 1.60. The van der Waals surface area contributed by atoms with Crippen molar-refractivity contribution in [1.29, 1.82) is 0 Å². The number of hydrogen-bond donors (Lipinski definition) is 1. The summed E-state index contributed by atoms with van der Waals surface area (Å²) in [5.74, 6) is 1.22. The molecule has 0 radical (unpaired) electrons. The summed E-state index contributed by atoms with van der Waals surface area (Å²) in [6.07, 6.45) is 1.50. The van der Waals surface area contributed by atoms with Gasteiger partial charge in [0.15, 0.2) is 5.69 Å². The van der Waals surface area contributed by atoms with Crippen LogP contribution in [0.3, 0.4) is 0 Å². The van der Waals surface area contributed by atoms with Gasteiger partial charge >= 0.3 is 5.97 Å². The molecule has 7 nitrogen and oxygen atoms in total. The second-order valence-corrected chi connectivity index (χ2v) is 6.28. The number of carbonyl (C=O) groups is 2. The van der Waals surface area contributed by atoms with E-state index in [4.69, 9.17) is 4.74 Å². The monoisotopic (exact) mass is 379 g/mol. The molecule has 0 aliphatic rings. The van der Waals surface area contributed by atoms with Crippen LogP contribution in [0, 0.1) is 13.8 Å². The first-order valence-corrected chi connectivity index (χ1v) is 8.71. The predicted octanol–water partition coefficient (Wildman–Crippen LogP) is 3.72. The highest BCUT2D eigenvalue weighted by molar-refractivity contribution is 5.91. The van der Waals surface area contributed by atoms with Gasteiger partial charge in [0.25, 0.3) is 0 Å². The van der Waals surface area contributed by atoms with Gasteiger partial charge in [-0.05, 0) is 55.8 Å². The first-order chi connectivity index (χ1) is 13.4. The molecule has 0 saturated heterocycles. The number of aromatic nitrogens is 2. The number of aryl methyl sites for hydroxylation is 2. The molecule has 28 heavy (non-hydrogen) atoms. The third kappa shape index (κ3) is 4.76. The topological polar surface area (TPSA) is 82.5 Å². The van der Waals surface area contributed by atoms with E-state index in [9.17, 15) is 9.59 Å². The van der Waals surface area contributed by atoms with E-state index >= 15 is 0 Å². The number of methoxy groups -OCH3 is 1. The fourth-order valence-electron chi connectivity index (χ4n) is 2.65. The standard InChI is InChI=1S/C21H21N3O4/c1-14-5-4-6-18(11-14)28-17-9-7-16(8-10-17)23-20(25)13-24-12-19(21(26)27-3)22-15(24)2/h4-12H,13H2,1-3H3,(H,23,25). The molecule has 0 saturated carbocycles. The van der Waals surface area contributed by atoms with Gasteiger partial charge in [-0.15, -0.1) is 0 Å². The molecular formula is C21H21N3O4. The summed E-state index contributed by atoms with van der Waals surface area (Å²) in [4.78, 5) is 27.9. The Bertz CT molecular complexity index is 993. The Hall–Kier alpha value is -3.61. The number of nitrogens with one attached hydrogen (secondary N) is 1. The maximum atomic E-state index is 12.3. The van der Waals surface area contributed by atoms with E-state index < -0.39 is 5.97 Å². The van der Waals surface area contributed by atoms with Crippen molar-refractivity contribution in [3.63, 3.8) is 0 Å². The van der Waals surface area contributed by atoms with Crippen LogP contribution in [0.2, 0.25) is 0 Å². The molecule has 1 N–H and O–H groups in total. The SMILES string of the molecule is COC(=O)c1cn(CC(=O)Nc2ccc(Oc3cccc(C)c3)cc2)c(C)n1. The van der Waals surface area contributed by atoms with Gasteiger partial charge in [-0.2, -0.15) is 0 Å². The van der Waals surface area contributed by atoms with E-state index in [1.807, 2.05) is 31.2 Å². The van der Waals surface area contributed by atoms with Gasteiger partial charge in [0.05, 0.1) is 7.11 Å². The van der Waals surface area contributed by atoms with Gasteiger partial charge in [-0.3, -0.25) is 4.79 Å². The van der Waals surface area contributed by atoms with Crippen LogP contribution in [0.15, 0.2) is 54.7 Å². The number of anilines is 1. The van der Waals surface area contributed by atoms with E-state index in [-0.39, 0.29) is 18.1 Å². The van der Waals surface area contributed by atoms with Gasteiger partial charge in [0.2, 0.25) is 5.91 Å². The summed E-state index contributed by atoms with van der Waals surface area (Å²) >= 11 is 0. The van der Waals surface area contributed by atoms with E-state index in [2.05, 4.69) is 15.0 Å². The van der Waals surface area contributed by atoms with Crippen molar-refractivity contribution in [1.82, 2.24) is 9.55 Å². The van der Waals surface area contributed by atoms with Crippen LogP contribution in [-0.2, 0) is 16.1 Å². The molecule has 3 aromatic rings. The molecule has 144 valence electrons. The maximum Gasteiger partial charge on any atom is 0.358 e. The van der Waals surface area contributed by atoms with Crippen LogP contribution in [0.5, 0.6) is 11.5 Å². The number of ether oxygens (including phenoxy) is 2. The van der Waals surface area contributed by atoms with Gasteiger partial charge in [-0.1, -0.05) is 12.1 Å². The van der Waals surface area contributed by atoms with Crippen LogP contribution in [0.1, 0.15) is 21.9 Å². The number of rotatable bonds is 6. The molecule has 0 fully saturated rings. The highest BCUT2D eigenvalue weighted by Crippen LogP contribution is 2.23. The second-order valence-electron chi connectivity index (χ2n) is 6.28. The molecule has 0 aliphatic carbocycles. The summed E-state index contributed by atoms with van der Waals surface area (Å²) < 4.78 is 12.0. The van der Waals surface area contributed by atoms with Crippen molar-refractivity contribution < 1.29 is 19.1 Å². The summed E-state index contributed by atoms with van der Waals surface area (Å²) in [7, 11) is 1.29. The van der Waals surface area contributed by atoms with Crippen molar-refractivity contribution in [3.05, 3.63) is 71.8 Å². The zero-order valence-electron chi connectivity index (χ0n) is 15.9. The summed E-state index contributed by atoms with van der Waals surface area (Å²) in [6.45, 7) is 3.76. The Morgan fingerprint density at radius 1 is 1.07 bits per heavy atom. The molecule has 0 unspecified atom stereocenters. The molecular weight excluding hydrogens is 358 g/mol. The molecule has 0 spiro atoms. The molecule has 3 rings (SSSR count). The van der Waals surface area contributed by atoms with Crippen LogP contribution in [-0.4, -0.2) is 28.5 Å². The van der Waals surface area contributed by atoms with Crippen molar-refractivity contribution in [2.24, 2.45) is 0 Å². The second kappa shape index (κ2) is 8.39. The number of imidazole rings is 1. The van der Waals surface area contributed by atoms with Gasteiger partial charge in [0.1, 0.15) is 23.9 Å². The van der Waals surface area contributed by atoms with Gasteiger partial charge in [-0.25, -0.2) is 9.78 Å². The predicted molar refractivity (Wildman–Crippen MR) is 105 cm³/mol. The smallest absolute Gasteiger partial charge is 0.358 e. The molecule has 1 aromatic heterocycles. The lowest BCUT2D eigenvalue weighted by Crippen LogP contribution is -2.19. The third-order valence-corrected chi connectivity index (χ3v) is 4.05. The van der Waals surface area contributed by atoms with Crippen molar-refractivity contribution in [2.45, 2.75) is 20.4 Å². The Kier molecular flexibility index (Phi) is 5.74. The summed E-state index contributed by atoms with van der Waals surface area (Å²) in [6, 6.07) is 14.9. The lowest BCUT2D eigenvalue weighted by Gasteiger charge is -2.09. The Labute approximate surface area is 162 Å². The minimum Gasteiger partial charge on any atom is -0.464 e. The van der Waals surface area contributed by atoms with Crippen molar-refractivity contribution in [2.75, 3.05) is 12.4 Å². The van der Waals surface area contributed by atoms with Crippen LogP contribution < -0.4 is 10.1 Å². The van der Waals surface area contributed by atoms with Crippen LogP contribution in [0.4, 0.5) is 5.69 Å². The van der Waals surface area contributed by atoms with Crippen LogP contribution in [0.25, 0.3) is 0 Å². The van der Waals surface area contributed by atoms with Gasteiger partial charge in [0, 0.05) is 11.9 Å². The molecule has 2 aromatic carbocycles.